The Kier molecular flexibility index (Phi) is 20.1. The van der Waals surface area contributed by atoms with Crippen LogP contribution in [-0.4, -0.2) is 88.7 Å². The van der Waals surface area contributed by atoms with Gasteiger partial charge in [-0.1, -0.05) is 85.6 Å². The maximum Gasteiger partial charge on any atom is 0.331 e. The van der Waals surface area contributed by atoms with Crippen LogP contribution in [0.3, 0.4) is 0 Å². The zero-order valence-corrected chi connectivity index (χ0v) is 60.0. The Morgan fingerprint density at radius 3 is 1.32 bits per heavy atom. The van der Waals surface area contributed by atoms with Gasteiger partial charge in [0, 0.05) is 38.3 Å². The van der Waals surface area contributed by atoms with Crippen LogP contribution in [0.1, 0.15) is 136 Å². The molecule has 0 saturated carbocycles. The number of aliphatic carboxylic acids is 3. The molecule has 0 aliphatic carbocycles. The number of imidazole rings is 3. The lowest BCUT2D eigenvalue weighted by Gasteiger charge is -2.17. The molecule has 100 heavy (non-hydrogen) atoms. The molecule has 9 aromatic heterocycles. The SMILES string of the molecule is CCC[C@@H](CC(=O)O)n1c(=O)n(Cc2nsc3cc(C)cc(C)c23)c2ccc(C)nc21.Cc1cc(C)c2c(Cn3c(=O)n([C@H](CC(=O)O)c4ccc(Cl)cc4)c4nc(C)ccc43)nsc2c1.Cc1cc(C)c2c(Cn3c(=O)n([C@H](CC(=O)O)c4ccccc4)c4cc(C)ncc43)nsc2c1. The molecular weight excluding hydrogens is 1340 g/mol. The number of hydrogen-bond acceptors (Lipinski definition) is 15. The van der Waals surface area contributed by atoms with Crippen molar-refractivity contribution in [3.63, 3.8) is 0 Å². The van der Waals surface area contributed by atoms with Gasteiger partial charge in [-0.2, -0.15) is 13.1 Å². The first-order valence-corrected chi connectivity index (χ1v) is 35.3. The van der Waals surface area contributed by atoms with E-state index < -0.39 is 36.0 Å². The third kappa shape index (κ3) is 14.0. The Hall–Kier alpha value is -10.3. The number of aryl methyl sites for hydroxylation is 9. The molecule has 0 aliphatic heterocycles. The zero-order valence-electron chi connectivity index (χ0n) is 56.8. The Bertz CT molecular complexity index is 5700. The Labute approximate surface area is 591 Å². The molecule has 9 heterocycles. The van der Waals surface area contributed by atoms with Gasteiger partial charge in [0.2, 0.25) is 0 Å². The first kappa shape index (κ1) is 69.6. The maximum absolute atomic E-state index is 13.9. The number of pyridine rings is 3. The Morgan fingerprint density at radius 2 is 0.870 bits per heavy atom. The van der Waals surface area contributed by atoms with Gasteiger partial charge in [-0.15, -0.1) is 0 Å². The number of hydrogen-bond donors (Lipinski definition) is 3. The van der Waals surface area contributed by atoms with E-state index in [1.807, 2.05) is 95.3 Å². The molecule has 14 aromatic rings. The Balaban J connectivity index is 0.000000142. The average molecular weight is 1420 g/mol. The minimum absolute atomic E-state index is 0.111. The summed E-state index contributed by atoms with van der Waals surface area (Å²) in [5, 5.41) is 32.5. The molecule has 0 unspecified atom stereocenters. The van der Waals surface area contributed by atoms with Crippen LogP contribution in [0.5, 0.6) is 0 Å². The summed E-state index contributed by atoms with van der Waals surface area (Å²) in [7, 11) is 0. The van der Waals surface area contributed by atoms with Gasteiger partial charge >= 0.3 is 35.0 Å². The molecule has 0 aliphatic rings. The molecule has 3 atom stereocenters. The van der Waals surface area contributed by atoms with Crippen LogP contribution in [0, 0.1) is 62.3 Å². The Morgan fingerprint density at radius 1 is 0.460 bits per heavy atom. The van der Waals surface area contributed by atoms with Crippen LogP contribution in [0.25, 0.3) is 63.6 Å². The molecule has 25 heteroatoms. The summed E-state index contributed by atoms with van der Waals surface area (Å²) in [5.74, 6) is -2.90. The highest BCUT2D eigenvalue weighted by atomic mass is 35.5. The molecule has 512 valence electrons. The summed E-state index contributed by atoms with van der Waals surface area (Å²) in [6, 6.07) is 36.4. The van der Waals surface area contributed by atoms with Gasteiger partial charge in [0.05, 0.1) is 116 Å². The third-order valence-corrected chi connectivity index (χ3v) is 20.7. The van der Waals surface area contributed by atoms with E-state index in [4.69, 9.17) is 11.6 Å². The molecule has 14 rings (SSSR count). The second kappa shape index (κ2) is 28.9. The van der Waals surface area contributed by atoms with Gasteiger partial charge in [0.1, 0.15) is 0 Å². The maximum atomic E-state index is 13.9. The van der Waals surface area contributed by atoms with Crippen LogP contribution >= 0.6 is 46.2 Å². The number of carboxylic acids is 3. The second-order valence-electron chi connectivity index (χ2n) is 25.6. The first-order valence-electron chi connectivity index (χ1n) is 32.6. The lowest BCUT2D eigenvalue weighted by atomic mass is 10.0. The van der Waals surface area contributed by atoms with Crippen molar-refractivity contribution >= 4 is 128 Å². The molecule has 0 fully saturated rings. The number of nitrogens with zero attached hydrogens (tertiary/aromatic N) is 12. The number of rotatable bonds is 19. The van der Waals surface area contributed by atoms with Crippen molar-refractivity contribution in [1.29, 1.82) is 0 Å². The van der Waals surface area contributed by atoms with E-state index >= 15 is 0 Å². The van der Waals surface area contributed by atoms with E-state index in [9.17, 15) is 44.1 Å². The predicted molar refractivity (Wildman–Crippen MR) is 396 cm³/mol. The first-order chi connectivity index (χ1) is 47.8. The molecule has 0 radical (unpaired) electrons. The number of benzene rings is 5. The summed E-state index contributed by atoms with van der Waals surface area (Å²) < 4.78 is 26.9. The van der Waals surface area contributed by atoms with E-state index in [-0.39, 0.29) is 49.4 Å². The highest BCUT2D eigenvalue weighted by Gasteiger charge is 2.30. The largest absolute Gasteiger partial charge is 0.481 e. The minimum atomic E-state index is -1.01. The fourth-order valence-corrected chi connectivity index (χ4v) is 16.8. The van der Waals surface area contributed by atoms with Gasteiger partial charge in [0.25, 0.3) is 0 Å². The normalized spacial score (nSPS) is 12.5. The minimum Gasteiger partial charge on any atom is -0.481 e. The van der Waals surface area contributed by atoms with Gasteiger partial charge in [-0.25, -0.2) is 24.4 Å². The summed E-state index contributed by atoms with van der Waals surface area (Å²) in [6.45, 7) is 20.8. The number of carboxylic acid groups (broad SMARTS) is 3. The van der Waals surface area contributed by atoms with Crippen molar-refractivity contribution in [1.82, 2.24) is 55.5 Å². The highest BCUT2D eigenvalue weighted by molar-refractivity contribution is 7.14. The average Bonchev–Trinajstić information content (AvgIpc) is 1.61. The second-order valence-corrected chi connectivity index (χ2v) is 28.5. The molecule has 0 spiro atoms. The quantitative estimate of drug-likeness (QED) is 0.0679. The van der Waals surface area contributed by atoms with Crippen LogP contribution in [-0.2, 0) is 34.0 Å². The van der Waals surface area contributed by atoms with Gasteiger partial charge in [-0.3, -0.25) is 46.8 Å². The van der Waals surface area contributed by atoms with E-state index in [2.05, 4.69) is 99.1 Å². The van der Waals surface area contributed by atoms with Crippen molar-refractivity contribution < 1.29 is 29.7 Å². The van der Waals surface area contributed by atoms with E-state index in [0.29, 0.717) is 56.9 Å². The molecule has 5 aromatic carbocycles. The van der Waals surface area contributed by atoms with Gasteiger partial charge in [-0.05, 0) is 209 Å². The van der Waals surface area contributed by atoms with Crippen molar-refractivity contribution in [3.05, 3.63) is 243 Å². The smallest absolute Gasteiger partial charge is 0.331 e. The monoisotopic (exact) mass is 1420 g/mol. The number of halogens is 1. The molecule has 0 bridgehead atoms. The summed E-state index contributed by atoms with van der Waals surface area (Å²) in [4.78, 5) is 90.2. The molecule has 3 N–H and O–H groups in total. The van der Waals surface area contributed by atoms with Crippen LogP contribution in [0.4, 0.5) is 0 Å². The topological polar surface area (TPSA) is 270 Å². The summed E-state index contributed by atoms with van der Waals surface area (Å²) >= 11 is 10.3. The zero-order chi connectivity index (χ0) is 71.1. The van der Waals surface area contributed by atoms with E-state index in [1.165, 1.54) is 50.3 Å². The standard InChI is InChI=1S/C26H23ClN4O3S.C26H24N4O3S.C23H26N4O3S/c1-14-10-15(2)24-19(29-35-22(24)11-14)13-30-20-9-4-16(3)28-25(20)31(26(30)34)21(12-23(32)33)17-5-7-18(27)8-6-17;1-15-9-16(2)25-19(28-34-23(25)10-15)14-29-22-13-27-17(3)11-21(22)30(26(29)33)20(12-24(31)32)18-7-5-4-6-8-18;1-5-6-16(11-20(28)29)27-22-18(8-7-15(4)24-22)26(23(27)30)12-17-21-14(3)9-13(2)10-19(21)31-25-17/h4-11,21H,12-13H2,1-3H3,(H,32,33);4-11,13,20H,12,14H2,1-3H3,(H,31,32);7-10,16H,5-6,11-12H2,1-4H3,(H,28,29)/t21-;20-;16-/m110/s1. The van der Waals surface area contributed by atoms with Crippen LogP contribution in [0.15, 0.2) is 142 Å². The fourth-order valence-electron chi connectivity index (χ4n) is 13.7. The van der Waals surface area contributed by atoms with Crippen molar-refractivity contribution in [2.45, 2.75) is 139 Å². The van der Waals surface area contributed by atoms with E-state index in [0.717, 1.165) is 98.7 Å². The molecular formula is C75H73ClN12O9S3. The van der Waals surface area contributed by atoms with Crippen LogP contribution in [0.2, 0.25) is 5.02 Å². The molecule has 21 nitrogen and oxygen atoms in total. The molecule has 0 amide bonds. The van der Waals surface area contributed by atoms with Gasteiger partial charge < -0.3 is 15.3 Å². The number of aromatic nitrogens is 12. The lowest BCUT2D eigenvalue weighted by molar-refractivity contribution is -0.138. The fraction of sp³-hybridized carbons (Fsp3) is 0.280. The van der Waals surface area contributed by atoms with Crippen molar-refractivity contribution in [3.8, 4) is 0 Å². The lowest BCUT2D eigenvalue weighted by Crippen LogP contribution is -2.30. The highest BCUT2D eigenvalue weighted by Crippen LogP contribution is 2.35. The van der Waals surface area contributed by atoms with Crippen molar-refractivity contribution in [2.24, 2.45) is 0 Å². The van der Waals surface area contributed by atoms with Crippen LogP contribution < -0.4 is 17.1 Å². The van der Waals surface area contributed by atoms with Gasteiger partial charge in [0.15, 0.2) is 11.3 Å². The molecule has 0 saturated heterocycles. The summed E-state index contributed by atoms with van der Waals surface area (Å²) in [6.07, 6.45) is 2.48. The third-order valence-electron chi connectivity index (χ3n) is 18.0. The van der Waals surface area contributed by atoms with E-state index in [1.54, 1.807) is 53.3 Å². The van der Waals surface area contributed by atoms with Crippen molar-refractivity contribution in [2.75, 3.05) is 0 Å². The predicted octanol–water partition coefficient (Wildman–Crippen LogP) is 14.9. The summed E-state index contributed by atoms with van der Waals surface area (Å²) in [5.41, 5.74) is 15.9. The number of carbonyl (C=O) groups is 3. The number of fused-ring (bicyclic) bond motifs is 6.